The summed E-state index contributed by atoms with van der Waals surface area (Å²) in [7, 11) is -3.56. The summed E-state index contributed by atoms with van der Waals surface area (Å²) in [6.07, 6.45) is 0.715. The van der Waals surface area contributed by atoms with Gasteiger partial charge in [-0.1, -0.05) is 28.1 Å². The lowest BCUT2D eigenvalue weighted by atomic mass is 10.1. The minimum atomic E-state index is -3.56. The molecule has 1 aromatic carbocycles. The second kappa shape index (κ2) is 6.10. The van der Waals surface area contributed by atoms with Gasteiger partial charge in [0.1, 0.15) is 0 Å². The first-order chi connectivity index (χ1) is 8.28. The van der Waals surface area contributed by atoms with Crippen LogP contribution in [0.4, 0.5) is 0 Å². The van der Waals surface area contributed by atoms with Crippen molar-refractivity contribution < 1.29 is 18.0 Å². The predicted molar refractivity (Wildman–Crippen MR) is 70.7 cm³/mol. The number of hydrogen-bond donors (Lipinski definition) is 1. The Labute approximate surface area is 114 Å². The standard InChI is InChI=1S/C11H12BrNO4S/c1-18(16,17)13-11(15)7-6-10(14)8-2-4-9(12)5-3-8/h2-5H,6-7H2,1H3,(H,13,15). The molecule has 1 N–H and O–H groups in total. The fourth-order valence-corrected chi connectivity index (χ4v) is 2.04. The Balaban J connectivity index is 2.52. The molecule has 0 heterocycles. The molecule has 0 atom stereocenters. The number of carbonyl (C=O) groups excluding carboxylic acids is 2. The van der Waals surface area contributed by atoms with E-state index in [0.29, 0.717) is 5.56 Å². The average molecular weight is 334 g/mol. The Morgan fingerprint density at radius 3 is 2.22 bits per heavy atom. The number of rotatable bonds is 5. The summed E-state index contributed by atoms with van der Waals surface area (Å²) >= 11 is 3.25. The van der Waals surface area contributed by atoms with Crippen molar-refractivity contribution in [2.75, 3.05) is 6.26 Å². The summed E-state index contributed by atoms with van der Waals surface area (Å²) in [5.41, 5.74) is 0.491. The van der Waals surface area contributed by atoms with Crippen molar-refractivity contribution in [1.29, 1.82) is 0 Å². The van der Waals surface area contributed by atoms with Gasteiger partial charge in [-0.2, -0.15) is 0 Å². The normalized spacial score (nSPS) is 11.0. The van der Waals surface area contributed by atoms with Gasteiger partial charge in [-0.3, -0.25) is 14.3 Å². The zero-order valence-electron chi connectivity index (χ0n) is 9.64. The Hall–Kier alpha value is -1.21. The molecule has 0 aliphatic rings. The van der Waals surface area contributed by atoms with Crippen molar-refractivity contribution in [3.8, 4) is 0 Å². The second-order valence-corrected chi connectivity index (χ2v) is 6.39. The van der Waals surface area contributed by atoms with Gasteiger partial charge in [0.25, 0.3) is 0 Å². The lowest BCUT2D eigenvalue weighted by Gasteiger charge is -2.02. The molecule has 0 unspecified atom stereocenters. The largest absolute Gasteiger partial charge is 0.294 e. The molecule has 0 aliphatic carbocycles. The van der Waals surface area contributed by atoms with Gasteiger partial charge in [-0.05, 0) is 12.1 Å². The predicted octanol–water partition coefficient (Wildman–Crippen LogP) is 1.49. The van der Waals surface area contributed by atoms with Crippen LogP contribution >= 0.6 is 15.9 Å². The van der Waals surface area contributed by atoms with Crippen LogP contribution in [-0.4, -0.2) is 26.4 Å². The monoisotopic (exact) mass is 333 g/mol. The van der Waals surface area contributed by atoms with Crippen LogP contribution in [0.5, 0.6) is 0 Å². The van der Waals surface area contributed by atoms with Gasteiger partial charge in [0.05, 0.1) is 6.26 Å². The number of benzene rings is 1. The molecule has 1 aromatic rings. The number of Topliss-reactive ketones (excluding diaryl/α,β-unsaturated/α-hetero) is 1. The van der Waals surface area contributed by atoms with Crippen molar-refractivity contribution in [3.05, 3.63) is 34.3 Å². The quantitative estimate of drug-likeness (QED) is 0.828. The number of amides is 1. The second-order valence-electron chi connectivity index (χ2n) is 3.73. The highest BCUT2D eigenvalue weighted by atomic mass is 79.9. The minimum absolute atomic E-state index is 0.0248. The van der Waals surface area contributed by atoms with Gasteiger partial charge >= 0.3 is 0 Å². The number of hydrogen-bond acceptors (Lipinski definition) is 4. The van der Waals surface area contributed by atoms with Gasteiger partial charge in [0.15, 0.2) is 5.78 Å². The van der Waals surface area contributed by atoms with Gasteiger partial charge in [0.2, 0.25) is 15.9 Å². The number of carbonyl (C=O) groups is 2. The molecular weight excluding hydrogens is 322 g/mol. The highest BCUT2D eigenvalue weighted by Crippen LogP contribution is 2.12. The van der Waals surface area contributed by atoms with Crippen LogP contribution in [0, 0.1) is 0 Å². The molecule has 98 valence electrons. The maximum absolute atomic E-state index is 11.7. The highest BCUT2D eigenvalue weighted by molar-refractivity contribution is 9.10. The zero-order chi connectivity index (χ0) is 13.8. The minimum Gasteiger partial charge on any atom is -0.294 e. The molecule has 5 nitrogen and oxygen atoms in total. The van der Waals surface area contributed by atoms with E-state index < -0.39 is 15.9 Å². The van der Waals surface area contributed by atoms with Crippen LogP contribution in [0.1, 0.15) is 23.2 Å². The van der Waals surface area contributed by atoms with Gasteiger partial charge < -0.3 is 0 Å². The number of nitrogens with one attached hydrogen (secondary N) is 1. The zero-order valence-corrected chi connectivity index (χ0v) is 12.0. The fourth-order valence-electron chi connectivity index (χ4n) is 1.26. The summed E-state index contributed by atoms with van der Waals surface area (Å²) in [5, 5.41) is 0. The third kappa shape index (κ3) is 5.42. The van der Waals surface area contributed by atoms with Crippen LogP contribution in [0.25, 0.3) is 0 Å². The van der Waals surface area contributed by atoms with Crippen molar-refractivity contribution in [3.63, 3.8) is 0 Å². The van der Waals surface area contributed by atoms with Gasteiger partial charge in [-0.15, -0.1) is 0 Å². The molecule has 0 fully saturated rings. The first-order valence-corrected chi connectivity index (χ1v) is 7.76. The average Bonchev–Trinajstić information content (AvgIpc) is 2.24. The third-order valence-corrected chi connectivity index (χ3v) is 3.17. The van der Waals surface area contributed by atoms with E-state index in [1.54, 1.807) is 24.3 Å². The molecule has 0 aliphatic heterocycles. The van der Waals surface area contributed by atoms with E-state index >= 15 is 0 Å². The fraction of sp³-hybridized carbons (Fsp3) is 0.273. The highest BCUT2D eigenvalue weighted by Gasteiger charge is 2.12. The van der Waals surface area contributed by atoms with Crippen LogP contribution < -0.4 is 4.72 Å². The van der Waals surface area contributed by atoms with Crippen LogP contribution in [0.15, 0.2) is 28.7 Å². The molecule has 0 saturated heterocycles. The molecule has 0 aromatic heterocycles. The van der Waals surface area contributed by atoms with Crippen molar-refractivity contribution in [2.45, 2.75) is 12.8 Å². The molecular formula is C11H12BrNO4S. The van der Waals surface area contributed by atoms with Crippen molar-refractivity contribution in [2.24, 2.45) is 0 Å². The maximum atomic E-state index is 11.7. The van der Waals surface area contributed by atoms with Crippen LogP contribution in [0.3, 0.4) is 0 Å². The molecule has 0 radical (unpaired) electrons. The lowest BCUT2D eigenvalue weighted by Crippen LogP contribution is -2.29. The molecule has 1 rings (SSSR count). The third-order valence-electron chi connectivity index (χ3n) is 2.04. The van der Waals surface area contributed by atoms with E-state index in [1.165, 1.54) is 0 Å². The Kier molecular flexibility index (Phi) is 5.03. The van der Waals surface area contributed by atoms with E-state index in [-0.39, 0.29) is 18.6 Å². The summed E-state index contributed by atoms with van der Waals surface area (Å²) < 4.78 is 24.2. The Morgan fingerprint density at radius 1 is 1.17 bits per heavy atom. The van der Waals surface area contributed by atoms with Gasteiger partial charge in [-0.25, -0.2) is 8.42 Å². The Bertz CT molecular complexity index is 551. The molecule has 0 spiro atoms. The SMILES string of the molecule is CS(=O)(=O)NC(=O)CCC(=O)c1ccc(Br)cc1. The molecule has 1 amide bonds. The molecule has 18 heavy (non-hydrogen) atoms. The number of ketones is 1. The summed E-state index contributed by atoms with van der Waals surface area (Å²) in [5.74, 6) is -0.880. The van der Waals surface area contributed by atoms with E-state index in [1.807, 2.05) is 4.72 Å². The summed E-state index contributed by atoms with van der Waals surface area (Å²) in [6, 6.07) is 6.73. The van der Waals surface area contributed by atoms with Crippen molar-refractivity contribution >= 4 is 37.6 Å². The first-order valence-electron chi connectivity index (χ1n) is 5.07. The lowest BCUT2D eigenvalue weighted by molar-refractivity contribution is -0.119. The van der Waals surface area contributed by atoms with E-state index in [9.17, 15) is 18.0 Å². The van der Waals surface area contributed by atoms with Crippen molar-refractivity contribution in [1.82, 2.24) is 4.72 Å². The molecule has 0 saturated carbocycles. The van der Waals surface area contributed by atoms with Gasteiger partial charge in [0, 0.05) is 22.9 Å². The first kappa shape index (κ1) is 14.8. The smallest absolute Gasteiger partial charge is 0.233 e. The number of halogens is 1. The van der Waals surface area contributed by atoms with Crippen LogP contribution in [0.2, 0.25) is 0 Å². The Morgan fingerprint density at radius 2 is 1.72 bits per heavy atom. The summed E-state index contributed by atoms with van der Waals surface area (Å²) in [4.78, 5) is 22.9. The topological polar surface area (TPSA) is 80.3 Å². The number of sulfonamides is 1. The molecule has 0 bridgehead atoms. The molecule has 7 heteroatoms. The van der Waals surface area contributed by atoms with E-state index in [0.717, 1.165) is 10.7 Å². The van der Waals surface area contributed by atoms with Crippen LogP contribution in [-0.2, 0) is 14.8 Å². The van der Waals surface area contributed by atoms with E-state index in [2.05, 4.69) is 15.9 Å². The van der Waals surface area contributed by atoms with E-state index in [4.69, 9.17) is 0 Å². The maximum Gasteiger partial charge on any atom is 0.233 e. The summed E-state index contributed by atoms with van der Waals surface area (Å²) in [6.45, 7) is 0.